The number of likely N-dealkylation sites (tertiary alicyclic amines) is 1. The number of halogens is 1. The number of benzene rings is 1. The number of nitrogens with two attached hydrogens (primary N) is 2. The molecule has 1 aromatic carbocycles. The van der Waals surface area contributed by atoms with Crippen molar-refractivity contribution in [2.45, 2.75) is 31.1 Å². The highest BCUT2D eigenvalue weighted by atomic mass is 35.5. The van der Waals surface area contributed by atoms with E-state index in [1.165, 1.54) is 5.56 Å². The molecule has 0 spiro atoms. The largest absolute Gasteiger partial charge is 0.370 e. The number of carbonyl (C=O) groups is 1. The van der Waals surface area contributed by atoms with E-state index in [0.29, 0.717) is 11.4 Å². The third kappa shape index (κ3) is 4.19. The van der Waals surface area contributed by atoms with E-state index >= 15 is 0 Å². The number of primary amides is 1. The Balaban J connectivity index is 2.13. The molecule has 2 rings (SSSR count). The Morgan fingerprint density at radius 1 is 1.24 bits per heavy atom. The zero-order valence-corrected chi connectivity index (χ0v) is 13.1. The predicted molar refractivity (Wildman–Crippen MR) is 86.3 cm³/mol. The van der Waals surface area contributed by atoms with Gasteiger partial charge in [0.05, 0.1) is 0 Å². The SMILES string of the molecule is NCCCN1CCC(CC(N)=O)(c2ccc(Cl)cc2)CC1. The van der Waals surface area contributed by atoms with Crippen LogP contribution in [-0.4, -0.2) is 37.0 Å². The molecule has 1 heterocycles. The number of carbonyl (C=O) groups excluding carboxylic acids is 1. The molecule has 0 radical (unpaired) electrons. The monoisotopic (exact) mass is 309 g/mol. The molecule has 0 bridgehead atoms. The molecular weight excluding hydrogens is 286 g/mol. The van der Waals surface area contributed by atoms with Crippen molar-refractivity contribution in [2.24, 2.45) is 11.5 Å². The molecule has 0 atom stereocenters. The summed E-state index contributed by atoms with van der Waals surface area (Å²) in [6.07, 6.45) is 3.31. The lowest BCUT2D eigenvalue weighted by atomic mass is 9.70. The van der Waals surface area contributed by atoms with Crippen LogP contribution < -0.4 is 11.5 Å². The fourth-order valence-electron chi connectivity index (χ4n) is 3.22. The average molecular weight is 310 g/mol. The number of amides is 1. The van der Waals surface area contributed by atoms with Crippen LogP contribution >= 0.6 is 11.6 Å². The quantitative estimate of drug-likeness (QED) is 0.843. The lowest BCUT2D eigenvalue weighted by Crippen LogP contribution is -2.45. The van der Waals surface area contributed by atoms with E-state index in [0.717, 1.165) is 45.4 Å². The van der Waals surface area contributed by atoms with E-state index in [1.807, 2.05) is 24.3 Å². The summed E-state index contributed by atoms with van der Waals surface area (Å²) in [5.74, 6) is -0.236. The Bertz CT molecular complexity index is 467. The fourth-order valence-corrected chi connectivity index (χ4v) is 3.35. The van der Waals surface area contributed by atoms with Gasteiger partial charge in [-0.15, -0.1) is 0 Å². The molecule has 0 saturated carbocycles. The Hall–Kier alpha value is -1.10. The lowest BCUT2D eigenvalue weighted by molar-refractivity contribution is -0.119. The van der Waals surface area contributed by atoms with Gasteiger partial charge in [0.15, 0.2) is 0 Å². The van der Waals surface area contributed by atoms with E-state index in [4.69, 9.17) is 23.1 Å². The molecule has 5 heteroatoms. The number of piperidine rings is 1. The highest BCUT2D eigenvalue weighted by Gasteiger charge is 2.37. The smallest absolute Gasteiger partial charge is 0.218 e. The van der Waals surface area contributed by atoms with Crippen LogP contribution in [0.1, 0.15) is 31.2 Å². The van der Waals surface area contributed by atoms with Crippen LogP contribution in [-0.2, 0) is 10.2 Å². The molecule has 4 nitrogen and oxygen atoms in total. The van der Waals surface area contributed by atoms with Crippen LogP contribution in [0.15, 0.2) is 24.3 Å². The average Bonchev–Trinajstić information content (AvgIpc) is 2.46. The van der Waals surface area contributed by atoms with Crippen molar-refractivity contribution < 1.29 is 4.79 Å². The van der Waals surface area contributed by atoms with Crippen molar-refractivity contribution in [3.8, 4) is 0 Å². The van der Waals surface area contributed by atoms with Crippen LogP contribution in [0, 0.1) is 0 Å². The minimum Gasteiger partial charge on any atom is -0.370 e. The first-order chi connectivity index (χ1) is 10.1. The third-order valence-corrected chi connectivity index (χ3v) is 4.71. The molecule has 116 valence electrons. The second kappa shape index (κ2) is 7.25. The molecule has 4 N–H and O–H groups in total. The van der Waals surface area contributed by atoms with Gasteiger partial charge >= 0.3 is 0 Å². The number of rotatable bonds is 6. The maximum Gasteiger partial charge on any atom is 0.218 e. The van der Waals surface area contributed by atoms with Gasteiger partial charge in [-0.25, -0.2) is 0 Å². The van der Waals surface area contributed by atoms with Gasteiger partial charge in [0.25, 0.3) is 0 Å². The maximum absolute atomic E-state index is 11.5. The molecule has 1 fully saturated rings. The molecule has 1 saturated heterocycles. The zero-order chi connectivity index (χ0) is 15.3. The van der Waals surface area contributed by atoms with Crippen LogP contribution in [0.25, 0.3) is 0 Å². The minimum atomic E-state index is -0.236. The van der Waals surface area contributed by atoms with Gasteiger partial charge in [0.2, 0.25) is 5.91 Å². The number of hydrogen-bond acceptors (Lipinski definition) is 3. The summed E-state index contributed by atoms with van der Waals surface area (Å²) in [6, 6.07) is 7.84. The van der Waals surface area contributed by atoms with Crippen molar-refractivity contribution in [3.05, 3.63) is 34.9 Å². The van der Waals surface area contributed by atoms with Crippen molar-refractivity contribution in [2.75, 3.05) is 26.2 Å². The zero-order valence-electron chi connectivity index (χ0n) is 12.4. The normalized spacial score (nSPS) is 18.6. The predicted octanol–water partition coefficient (Wildman–Crippen LogP) is 1.90. The van der Waals surface area contributed by atoms with Gasteiger partial charge in [-0.3, -0.25) is 4.79 Å². The molecule has 1 aliphatic heterocycles. The lowest BCUT2D eigenvalue weighted by Gasteiger charge is -2.42. The summed E-state index contributed by atoms with van der Waals surface area (Å²) in [7, 11) is 0. The van der Waals surface area contributed by atoms with Gasteiger partial charge in [-0.05, 0) is 63.1 Å². The van der Waals surface area contributed by atoms with Gasteiger partial charge in [-0.2, -0.15) is 0 Å². The highest BCUT2D eigenvalue weighted by Crippen LogP contribution is 2.39. The van der Waals surface area contributed by atoms with E-state index in [9.17, 15) is 4.79 Å². The maximum atomic E-state index is 11.5. The summed E-state index contributed by atoms with van der Waals surface area (Å²) in [5.41, 5.74) is 12.1. The molecule has 0 aliphatic carbocycles. The van der Waals surface area contributed by atoms with Crippen LogP contribution in [0.5, 0.6) is 0 Å². The van der Waals surface area contributed by atoms with E-state index in [-0.39, 0.29) is 11.3 Å². The molecule has 21 heavy (non-hydrogen) atoms. The molecule has 1 aliphatic rings. The summed E-state index contributed by atoms with van der Waals surface area (Å²) in [4.78, 5) is 14.0. The first kappa shape index (κ1) is 16.3. The second-order valence-electron chi connectivity index (χ2n) is 5.91. The molecule has 1 aromatic rings. The van der Waals surface area contributed by atoms with Gasteiger partial charge in [0, 0.05) is 16.9 Å². The second-order valence-corrected chi connectivity index (χ2v) is 6.35. The molecular formula is C16H24ClN3O. The van der Waals surface area contributed by atoms with Crippen molar-refractivity contribution in [1.29, 1.82) is 0 Å². The molecule has 1 amide bonds. The number of hydrogen-bond donors (Lipinski definition) is 2. The fraction of sp³-hybridized carbons (Fsp3) is 0.562. The van der Waals surface area contributed by atoms with Crippen LogP contribution in [0.2, 0.25) is 5.02 Å². The first-order valence-corrected chi connectivity index (χ1v) is 7.90. The Kier molecular flexibility index (Phi) is 5.62. The summed E-state index contributed by atoms with van der Waals surface area (Å²) < 4.78 is 0. The molecule has 0 aromatic heterocycles. The topological polar surface area (TPSA) is 72.3 Å². The highest BCUT2D eigenvalue weighted by molar-refractivity contribution is 6.30. The van der Waals surface area contributed by atoms with Gasteiger partial charge in [0.1, 0.15) is 0 Å². The number of nitrogens with zero attached hydrogens (tertiary/aromatic N) is 1. The van der Waals surface area contributed by atoms with E-state index in [1.54, 1.807) is 0 Å². The molecule has 0 unspecified atom stereocenters. The van der Waals surface area contributed by atoms with Gasteiger partial charge < -0.3 is 16.4 Å². The minimum absolute atomic E-state index is 0.143. The first-order valence-electron chi connectivity index (χ1n) is 7.52. The summed E-state index contributed by atoms with van der Waals surface area (Å²) in [5, 5.41) is 0.716. The summed E-state index contributed by atoms with van der Waals surface area (Å²) >= 11 is 5.97. The van der Waals surface area contributed by atoms with E-state index in [2.05, 4.69) is 4.90 Å². The van der Waals surface area contributed by atoms with Crippen molar-refractivity contribution in [3.63, 3.8) is 0 Å². The third-order valence-electron chi connectivity index (χ3n) is 4.46. The Morgan fingerprint density at radius 2 is 1.86 bits per heavy atom. The van der Waals surface area contributed by atoms with Crippen LogP contribution in [0.3, 0.4) is 0 Å². The van der Waals surface area contributed by atoms with Crippen LogP contribution in [0.4, 0.5) is 0 Å². The van der Waals surface area contributed by atoms with Gasteiger partial charge in [-0.1, -0.05) is 23.7 Å². The van der Waals surface area contributed by atoms with Crippen molar-refractivity contribution in [1.82, 2.24) is 4.90 Å². The van der Waals surface area contributed by atoms with Crippen molar-refractivity contribution >= 4 is 17.5 Å². The Morgan fingerprint density at radius 3 is 2.38 bits per heavy atom. The summed E-state index contributed by atoms with van der Waals surface area (Å²) in [6.45, 7) is 3.72. The van der Waals surface area contributed by atoms with E-state index < -0.39 is 0 Å². The Labute approximate surface area is 131 Å². The standard InChI is InChI=1S/C16H24ClN3O/c17-14-4-2-13(3-5-14)16(12-15(19)21)6-10-20(11-7-16)9-1-8-18/h2-5H,1,6-12,18H2,(H2,19,21).